The predicted molar refractivity (Wildman–Crippen MR) is 84.1 cm³/mol. The quantitative estimate of drug-likeness (QED) is 0.768. The zero-order valence-corrected chi connectivity index (χ0v) is 13.5. The number of carbonyl (C=O) groups is 2. The summed E-state index contributed by atoms with van der Waals surface area (Å²) in [6.07, 6.45) is 2.13. The van der Waals surface area contributed by atoms with Crippen LogP contribution in [0.4, 0.5) is 0 Å². The molecule has 0 saturated heterocycles. The molecule has 1 N–H and O–H groups in total. The summed E-state index contributed by atoms with van der Waals surface area (Å²) in [6, 6.07) is 5.06. The molecule has 0 unspecified atom stereocenters. The van der Waals surface area contributed by atoms with E-state index >= 15 is 0 Å². The van der Waals surface area contributed by atoms with Crippen LogP contribution < -0.4 is 0 Å². The third-order valence-corrected chi connectivity index (χ3v) is 4.82. The Hall–Kier alpha value is -0.910. The second kappa shape index (κ2) is 7.38. The highest BCUT2D eigenvalue weighted by Crippen LogP contribution is 2.32. The van der Waals surface area contributed by atoms with Gasteiger partial charge in [-0.05, 0) is 37.0 Å². The van der Waals surface area contributed by atoms with Gasteiger partial charge in [-0.2, -0.15) is 0 Å². The van der Waals surface area contributed by atoms with Crippen LogP contribution in [0.25, 0.3) is 0 Å². The summed E-state index contributed by atoms with van der Waals surface area (Å²) in [4.78, 5) is 25.2. The van der Waals surface area contributed by atoms with Crippen LogP contribution in [0.3, 0.4) is 0 Å². The first-order valence-electron chi connectivity index (χ1n) is 6.53. The molecule has 1 aromatic rings. The number of nitrogens with zero attached hydrogens (tertiary/aromatic N) is 1. The molecule has 4 nitrogen and oxygen atoms in total. The molecule has 7 heteroatoms. The summed E-state index contributed by atoms with van der Waals surface area (Å²) in [5.41, 5.74) is 0. The van der Waals surface area contributed by atoms with Crippen LogP contribution in [0.1, 0.15) is 12.8 Å². The lowest BCUT2D eigenvalue weighted by atomic mass is 10.3. The molecular weight excluding hydrogens is 333 g/mol. The highest BCUT2D eigenvalue weighted by atomic mass is 35.5. The first-order valence-corrected chi connectivity index (χ1v) is 8.27. The molecule has 1 saturated carbocycles. The number of aliphatic carboxylic acids is 1. The van der Waals surface area contributed by atoms with Gasteiger partial charge in [0.2, 0.25) is 5.91 Å². The van der Waals surface area contributed by atoms with Crippen LogP contribution in [0, 0.1) is 5.92 Å². The zero-order chi connectivity index (χ0) is 15.4. The van der Waals surface area contributed by atoms with Gasteiger partial charge in [0.15, 0.2) is 0 Å². The van der Waals surface area contributed by atoms with E-state index in [0.29, 0.717) is 22.5 Å². The average Bonchev–Trinajstić information content (AvgIpc) is 3.22. The van der Waals surface area contributed by atoms with E-state index < -0.39 is 5.97 Å². The van der Waals surface area contributed by atoms with Crippen LogP contribution >= 0.6 is 35.0 Å². The Labute approximate surface area is 137 Å². The third-order valence-electron chi connectivity index (χ3n) is 3.10. The van der Waals surface area contributed by atoms with E-state index in [0.717, 1.165) is 17.7 Å². The zero-order valence-electron chi connectivity index (χ0n) is 11.2. The number of amides is 1. The summed E-state index contributed by atoms with van der Waals surface area (Å²) >= 11 is 13.2. The standard InChI is InChI=1S/C14H15Cl2NO3S/c15-10-3-4-11(16)12(5-10)21-8-13(18)17(7-14(19)20)6-9-1-2-9/h3-5,9H,1-2,6-8H2,(H,19,20). The summed E-state index contributed by atoms with van der Waals surface area (Å²) in [6.45, 7) is 0.272. The Morgan fingerprint density at radius 2 is 2.05 bits per heavy atom. The minimum atomic E-state index is -0.991. The fourth-order valence-electron chi connectivity index (χ4n) is 1.85. The fourth-order valence-corrected chi connectivity index (χ4v) is 3.24. The highest BCUT2D eigenvalue weighted by Gasteiger charge is 2.27. The first kappa shape index (κ1) is 16.5. The van der Waals surface area contributed by atoms with E-state index in [4.69, 9.17) is 28.3 Å². The van der Waals surface area contributed by atoms with Crippen molar-refractivity contribution in [3.63, 3.8) is 0 Å². The number of rotatable bonds is 7. The van der Waals surface area contributed by atoms with Gasteiger partial charge in [0, 0.05) is 16.5 Å². The molecule has 114 valence electrons. The largest absolute Gasteiger partial charge is 0.480 e. The second-order valence-electron chi connectivity index (χ2n) is 4.97. The minimum Gasteiger partial charge on any atom is -0.480 e. The lowest BCUT2D eigenvalue weighted by molar-refractivity contribution is -0.143. The van der Waals surface area contributed by atoms with Crippen molar-refractivity contribution in [2.24, 2.45) is 5.92 Å². The summed E-state index contributed by atoms with van der Waals surface area (Å²) in [7, 11) is 0. The maximum absolute atomic E-state index is 12.2. The summed E-state index contributed by atoms with van der Waals surface area (Å²) < 4.78 is 0. The van der Waals surface area contributed by atoms with Crippen molar-refractivity contribution in [3.05, 3.63) is 28.2 Å². The van der Waals surface area contributed by atoms with Gasteiger partial charge in [0.05, 0.1) is 10.8 Å². The second-order valence-corrected chi connectivity index (χ2v) is 6.84. The van der Waals surface area contributed by atoms with E-state index in [1.54, 1.807) is 18.2 Å². The summed E-state index contributed by atoms with van der Waals surface area (Å²) in [5, 5.41) is 9.97. The van der Waals surface area contributed by atoms with Crippen molar-refractivity contribution in [1.82, 2.24) is 4.90 Å². The molecule has 0 aliphatic heterocycles. The lowest BCUT2D eigenvalue weighted by Crippen LogP contribution is -2.38. The Morgan fingerprint density at radius 3 is 2.67 bits per heavy atom. The molecular formula is C14H15Cl2NO3S. The molecule has 0 aromatic heterocycles. The number of carboxylic acid groups (broad SMARTS) is 1. The van der Waals surface area contributed by atoms with Crippen LogP contribution in [0.5, 0.6) is 0 Å². The third kappa shape index (κ3) is 5.41. The van der Waals surface area contributed by atoms with Gasteiger partial charge < -0.3 is 10.0 Å². The van der Waals surface area contributed by atoms with Crippen molar-refractivity contribution < 1.29 is 14.7 Å². The number of halogens is 2. The van der Waals surface area contributed by atoms with Crippen molar-refractivity contribution in [1.29, 1.82) is 0 Å². The molecule has 0 heterocycles. The number of thioether (sulfide) groups is 1. The Bertz CT molecular complexity index is 549. The van der Waals surface area contributed by atoms with Crippen molar-refractivity contribution in [3.8, 4) is 0 Å². The van der Waals surface area contributed by atoms with Gasteiger partial charge in [-0.15, -0.1) is 11.8 Å². The van der Waals surface area contributed by atoms with Crippen LogP contribution in [-0.2, 0) is 9.59 Å². The molecule has 0 radical (unpaired) electrons. The van der Waals surface area contributed by atoms with Gasteiger partial charge in [0.25, 0.3) is 0 Å². The Morgan fingerprint density at radius 1 is 1.33 bits per heavy atom. The van der Waals surface area contributed by atoms with E-state index in [2.05, 4.69) is 0 Å². The van der Waals surface area contributed by atoms with E-state index in [1.165, 1.54) is 16.7 Å². The molecule has 1 aliphatic rings. The maximum atomic E-state index is 12.2. The number of benzene rings is 1. The Kier molecular flexibility index (Phi) is 5.79. The Balaban J connectivity index is 1.94. The molecule has 1 aromatic carbocycles. The van der Waals surface area contributed by atoms with Crippen molar-refractivity contribution in [2.45, 2.75) is 17.7 Å². The molecule has 21 heavy (non-hydrogen) atoms. The number of hydrogen-bond donors (Lipinski definition) is 1. The minimum absolute atomic E-state index is 0.153. The molecule has 1 amide bonds. The van der Waals surface area contributed by atoms with Gasteiger partial charge in [-0.3, -0.25) is 9.59 Å². The van der Waals surface area contributed by atoms with Gasteiger partial charge in [-0.25, -0.2) is 0 Å². The van der Waals surface area contributed by atoms with E-state index in [9.17, 15) is 9.59 Å². The van der Waals surface area contributed by atoms with E-state index in [-0.39, 0.29) is 18.2 Å². The maximum Gasteiger partial charge on any atom is 0.323 e. The highest BCUT2D eigenvalue weighted by molar-refractivity contribution is 8.00. The molecule has 0 atom stereocenters. The monoisotopic (exact) mass is 347 g/mol. The number of carbonyl (C=O) groups excluding carboxylic acids is 1. The van der Waals surface area contributed by atoms with Gasteiger partial charge in [-0.1, -0.05) is 23.2 Å². The number of carboxylic acids is 1. The molecule has 0 bridgehead atoms. The van der Waals surface area contributed by atoms with Crippen molar-refractivity contribution in [2.75, 3.05) is 18.8 Å². The SMILES string of the molecule is O=C(O)CN(CC1CC1)C(=O)CSc1cc(Cl)ccc1Cl. The number of hydrogen-bond acceptors (Lipinski definition) is 3. The van der Waals surface area contributed by atoms with Crippen molar-refractivity contribution >= 4 is 46.8 Å². The van der Waals surface area contributed by atoms with Gasteiger partial charge >= 0.3 is 5.97 Å². The van der Waals surface area contributed by atoms with E-state index in [1.807, 2.05) is 0 Å². The first-order chi connectivity index (χ1) is 9.95. The smallest absolute Gasteiger partial charge is 0.323 e. The molecule has 2 rings (SSSR count). The van der Waals surface area contributed by atoms with Gasteiger partial charge in [0.1, 0.15) is 6.54 Å². The molecule has 1 fully saturated rings. The summed E-state index contributed by atoms with van der Waals surface area (Å²) in [5.74, 6) is -0.576. The molecule has 0 spiro atoms. The van der Waals surface area contributed by atoms with Crippen LogP contribution in [-0.4, -0.2) is 40.7 Å². The molecule has 1 aliphatic carbocycles. The normalized spacial score (nSPS) is 14.0. The average molecular weight is 348 g/mol. The predicted octanol–water partition coefficient (Wildman–Crippen LogP) is 3.41. The topological polar surface area (TPSA) is 57.6 Å². The fraction of sp³-hybridized carbons (Fsp3) is 0.429. The lowest BCUT2D eigenvalue weighted by Gasteiger charge is -2.20. The van der Waals surface area contributed by atoms with Crippen LogP contribution in [0.15, 0.2) is 23.1 Å². The van der Waals surface area contributed by atoms with Crippen LogP contribution in [0.2, 0.25) is 10.0 Å².